The molecule has 0 aliphatic heterocycles. The zero-order valence-corrected chi connectivity index (χ0v) is 20.1. The van der Waals surface area contributed by atoms with Crippen molar-refractivity contribution in [2.75, 3.05) is 5.32 Å². The number of carbonyl (C=O) groups excluding carboxylic acids is 1. The van der Waals surface area contributed by atoms with Crippen LogP contribution in [-0.4, -0.2) is 36.3 Å². The van der Waals surface area contributed by atoms with Crippen molar-refractivity contribution in [2.45, 2.75) is 39.7 Å². The maximum atomic E-state index is 12.2. The molecule has 1 N–H and O–H groups in total. The molecule has 3 heterocycles. The Bertz CT molecular complexity index is 1330. The summed E-state index contributed by atoms with van der Waals surface area (Å²) >= 11 is 12.7. The number of aryl methyl sites for hydroxylation is 1. The number of benzene rings is 1. The van der Waals surface area contributed by atoms with Crippen LogP contribution < -0.4 is 5.32 Å². The number of nitrogens with one attached hydrogen (secondary N) is 1. The molecule has 0 atom stereocenters. The van der Waals surface area contributed by atoms with Crippen LogP contribution in [-0.2, 0) is 16.0 Å². The van der Waals surface area contributed by atoms with Crippen molar-refractivity contribution in [3.63, 3.8) is 0 Å². The second kappa shape index (κ2) is 8.96. The van der Waals surface area contributed by atoms with Gasteiger partial charge in [0.05, 0.1) is 27.5 Å². The quantitative estimate of drug-likeness (QED) is 0.376. The van der Waals surface area contributed by atoms with Crippen molar-refractivity contribution < 1.29 is 9.53 Å². The summed E-state index contributed by atoms with van der Waals surface area (Å²) in [4.78, 5) is 25.1. The van der Waals surface area contributed by atoms with Gasteiger partial charge in [-0.15, -0.1) is 0 Å². The molecule has 10 heteroatoms. The van der Waals surface area contributed by atoms with Crippen LogP contribution in [0.25, 0.3) is 16.6 Å². The van der Waals surface area contributed by atoms with Gasteiger partial charge in [-0.05, 0) is 45.4 Å². The minimum absolute atomic E-state index is 0.0359. The van der Waals surface area contributed by atoms with Crippen LogP contribution in [0.4, 0.5) is 11.6 Å². The van der Waals surface area contributed by atoms with Crippen LogP contribution >= 0.6 is 23.2 Å². The summed E-state index contributed by atoms with van der Waals surface area (Å²) in [6, 6.07) is 6.98. The van der Waals surface area contributed by atoms with Gasteiger partial charge in [0.1, 0.15) is 34.8 Å². The largest absolute Gasteiger partial charge is 0.460 e. The fraction of sp³-hybridized carbons (Fsp3) is 0.261. The number of fused-ring (bicyclic) bond motifs is 1. The Hall–Kier alpha value is -3.23. The number of halogens is 2. The van der Waals surface area contributed by atoms with E-state index in [0.717, 1.165) is 16.5 Å². The number of nitrogens with zero attached hydrogens (tertiary/aromatic N) is 5. The van der Waals surface area contributed by atoms with E-state index in [1.165, 1.54) is 6.33 Å². The molecule has 0 saturated carbocycles. The Morgan fingerprint density at radius 1 is 1.15 bits per heavy atom. The second-order valence-electron chi connectivity index (χ2n) is 8.48. The third-order valence-corrected chi connectivity index (χ3v) is 5.22. The smallest absolute Gasteiger partial charge is 0.312 e. The van der Waals surface area contributed by atoms with E-state index in [4.69, 9.17) is 27.9 Å². The van der Waals surface area contributed by atoms with E-state index in [1.807, 2.05) is 33.9 Å². The van der Waals surface area contributed by atoms with E-state index in [-0.39, 0.29) is 12.4 Å². The molecule has 0 aliphatic carbocycles. The molecule has 4 rings (SSSR count). The predicted molar refractivity (Wildman–Crippen MR) is 128 cm³/mol. The molecule has 0 spiro atoms. The molecule has 33 heavy (non-hydrogen) atoms. The molecule has 4 aromatic rings. The molecule has 0 bridgehead atoms. The molecule has 0 fully saturated rings. The summed E-state index contributed by atoms with van der Waals surface area (Å²) < 4.78 is 7.01. The lowest BCUT2D eigenvalue weighted by atomic mass is 10.2. The fourth-order valence-electron chi connectivity index (χ4n) is 3.26. The zero-order chi connectivity index (χ0) is 23.8. The van der Waals surface area contributed by atoms with Gasteiger partial charge < -0.3 is 10.1 Å². The average molecular weight is 485 g/mol. The first-order valence-electron chi connectivity index (χ1n) is 10.2. The third-order valence-electron chi connectivity index (χ3n) is 4.61. The molecule has 0 unspecified atom stereocenters. The highest BCUT2D eigenvalue weighted by Gasteiger charge is 2.18. The summed E-state index contributed by atoms with van der Waals surface area (Å²) in [7, 11) is 0. The number of hydrogen-bond acceptors (Lipinski definition) is 7. The first kappa shape index (κ1) is 22.9. The van der Waals surface area contributed by atoms with Gasteiger partial charge in [-0.25, -0.2) is 19.6 Å². The molecule has 0 radical (unpaired) electrons. The van der Waals surface area contributed by atoms with E-state index in [1.54, 1.807) is 35.1 Å². The van der Waals surface area contributed by atoms with Gasteiger partial charge >= 0.3 is 5.97 Å². The molecular weight excluding hydrogens is 463 g/mol. The summed E-state index contributed by atoms with van der Waals surface area (Å²) in [6.07, 6.45) is 4.96. The average Bonchev–Trinajstić information content (AvgIpc) is 3.15. The summed E-state index contributed by atoms with van der Waals surface area (Å²) in [6.45, 7) is 7.39. The van der Waals surface area contributed by atoms with Crippen LogP contribution in [0.3, 0.4) is 0 Å². The Balaban J connectivity index is 1.66. The SMILES string of the molecule is Cc1cnc(Nc2cc(CC(=O)OC(C)(C)C)ncn2)c2cn(-c3c(Cl)cccc3Cl)nc12. The Kier molecular flexibility index (Phi) is 6.23. The number of ether oxygens (including phenoxy) is 1. The minimum Gasteiger partial charge on any atom is -0.460 e. The van der Waals surface area contributed by atoms with Crippen LogP contribution in [0.15, 0.2) is 43.0 Å². The number of para-hydroxylation sites is 1. The first-order chi connectivity index (χ1) is 15.6. The highest BCUT2D eigenvalue weighted by atomic mass is 35.5. The summed E-state index contributed by atoms with van der Waals surface area (Å²) in [5.41, 5.74) is 2.19. The molecule has 0 amide bonds. The molecule has 3 aromatic heterocycles. The summed E-state index contributed by atoms with van der Waals surface area (Å²) in [5, 5.41) is 9.60. The topological polar surface area (TPSA) is 94.8 Å². The van der Waals surface area contributed by atoms with Crippen molar-refractivity contribution in [3.8, 4) is 5.69 Å². The van der Waals surface area contributed by atoms with E-state index < -0.39 is 5.60 Å². The van der Waals surface area contributed by atoms with E-state index >= 15 is 0 Å². The highest BCUT2D eigenvalue weighted by molar-refractivity contribution is 6.37. The highest BCUT2D eigenvalue weighted by Crippen LogP contribution is 2.32. The number of hydrogen-bond donors (Lipinski definition) is 1. The Morgan fingerprint density at radius 2 is 1.88 bits per heavy atom. The van der Waals surface area contributed by atoms with Gasteiger partial charge in [0, 0.05) is 18.5 Å². The standard InChI is InChI=1S/C23H22Cl2N6O2/c1-13-10-26-22(15-11-31(30-20(13)15)21-16(24)6-5-7-17(21)25)29-18-8-14(27-12-28-18)9-19(32)33-23(2,3)4/h5-8,10-12H,9H2,1-4H3,(H,26,27,28,29). The molecule has 170 valence electrons. The van der Waals surface area contributed by atoms with Gasteiger partial charge in [-0.3, -0.25) is 4.79 Å². The Labute approximate surface area is 200 Å². The number of pyridine rings is 1. The number of anilines is 2. The van der Waals surface area contributed by atoms with Gasteiger partial charge in [-0.2, -0.15) is 5.10 Å². The maximum Gasteiger partial charge on any atom is 0.312 e. The Morgan fingerprint density at radius 3 is 2.58 bits per heavy atom. The first-order valence-corrected chi connectivity index (χ1v) is 11.0. The van der Waals surface area contributed by atoms with Crippen molar-refractivity contribution in [3.05, 3.63) is 64.3 Å². The summed E-state index contributed by atoms with van der Waals surface area (Å²) in [5.74, 6) is 0.678. The van der Waals surface area contributed by atoms with Crippen LogP contribution in [0.1, 0.15) is 32.0 Å². The third kappa shape index (κ3) is 5.23. The maximum absolute atomic E-state index is 12.2. The van der Waals surface area contributed by atoms with Gasteiger partial charge in [0.15, 0.2) is 0 Å². The van der Waals surface area contributed by atoms with Crippen molar-refractivity contribution in [1.29, 1.82) is 0 Å². The van der Waals surface area contributed by atoms with Gasteiger partial charge in [0.2, 0.25) is 0 Å². The predicted octanol–water partition coefficient (Wildman–Crippen LogP) is 5.45. The normalized spacial score (nSPS) is 11.6. The monoisotopic (exact) mass is 484 g/mol. The lowest BCUT2D eigenvalue weighted by Crippen LogP contribution is -2.25. The van der Waals surface area contributed by atoms with Gasteiger partial charge in [-0.1, -0.05) is 29.3 Å². The number of carbonyl (C=O) groups is 1. The second-order valence-corrected chi connectivity index (χ2v) is 9.29. The zero-order valence-electron chi connectivity index (χ0n) is 18.6. The number of esters is 1. The fourth-order valence-corrected chi connectivity index (χ4v) is 3.83. The van der Waals surface area contributed by atoms with Crippen LogP contribution in [0, 0.1) is 6.92 Å². The van der Waals surface area contributed by atoms with Crippen LogP contribution in [0.5, 0.6) is 0 Å². The minimum atomic E-state index is -0.562. The van der Waals surface area contributed by atoms with E-state index in [2.05, 4.69) is 25.4 Å². The van der Waals surface area contributed by atoms with E-state index in [0.29, 0.717) is 33.1 Å². The lowest BCUT2D eigenvalue weighted by Gasteiger charge is -2.19. The number of aromatic nitrogens is 5. The van der Waals surface area contributed by atoms with E-state index in [9.17, 15) is 4.79 Å². The van der Waals surface area contributed by atoms with Crippen LogP contribution in [0.2, 0.25) is 10.0 Å². The molecule has 0 saturated heterocycles. The lowest BCUT2D eigenvalue weighted by molar-refractivity contribution is -0.153. The van der Waals surface area contributed by atoms with Gasteiger partial charge in [0.25, 0.3) is 0 Å². The van der Waals surface area contributed by atoms with Crippen molar-refractivity contribution in [1.82, 2.24) is 24.7 Å². The molecule has 8 nitrogen and oxygen atoms in total. The van der Waals surface area contributed by atoms with Crippen molar-refractivity contribution >= 4 is 51.7 Å². The molecule has 1 aromatic carbocycles. The molecule has 0 aliphatic rings. The molecular formula is C23H22Cl2N6O2. The number of rotatable bonds is 5. The van der Waals surface area contributed by atoms with Crippen molar-refractivity contribution in [2.24, 2.45) is 0 Å².